The van der Waals surface area contributed by atoms with Crippen LogP contribution in [0.5, 0.6) is 5.75 Å². The molecule has 0 spiro atoms. The smallest absolute Gasteiger partial charge is 0.266 e. The number of imide groups is 1. The highest BCUT2D eigenvalue weighted by atomic mass is 19.1. The van der Waals surface area contributed by atoms with Crippen molar-refractivity contribution in [3.8, 4) is 5.75 Å². The second-order valence-corrected chi connectivity index (χ2v) is 6.48. The maximum Gasteiger partial charge on any atom is 0.266 e. The van der Waals surface area contributed by atoms with Crippen molar-refractivity contribution in [1.82, 2.24) is 0 Å². The summed E-state index contributed by atoms with van der Waals surface area (Å²) in [4.78, 5) is 26.0. The summed E-state index contributed by atoms with van der Waals surface area (Å²) < 4.78 is 20.2. The van der Waals surface area contributed by atoms with Gasteiger partial charge in [-0.25, -0.2) is 9.29 Å². The van der Waals surface area contributed by atoms with Gasteiger partial charge in [-0.1, -0.05) is 18.6 Å². The molecular formula is C20H18FNO3. The summed E-state index contributed by atoms with van der Waals surface area (Å²) in [6.45, 7) is 0. The van der Waals surface area contributed by atoms with Crippen LogP contribution >= 0.6 is 0 Å². The van der Waals surface area contributed by atoms with Crippen molar-refractivity contribution >= 4 is 17.5 Å². The van der Waals surface area contributed by atoms with Crippen molar-refractivity contribution in [2.45, 2.75) is 38.2 Å². The van der Waals surface area contributed by atoms with E-state index in [1.165, 1.54) is 18.6 Å². The van der Waals surface area contributed by atoms with Gasteiger partial charge in [0.2, 0.25) is 0 Å². The number of rotatable bonds is 3. The largest absolute Gasteiger partial charge is 0.487 e. The van der Waals surface area contributed by atoms with Gasteiger partial charge in [-0.3, -0.25) is 9.59 Å². The molecule has 4 rings (SSSR count). The summed E-state index contributed by atoms with van der Waals surface area (Å²) in [7, 11) is 0. The van der Waals surface area contributed by atoms with Crippen LogP contribution < -0.4 is 9.64 Å². The lowest BCUT2D eigenvalue weighted by Crippen LogP contribution is -2.29. The number of ether oxygens (including phenoxy) is 1. The maximum atomic E-state index is 14.5. The Kier molecular flexibility index (Phi) is 3.99. The molecule has 1 aliphatic heterocycles. The lowest BCUT2D eigenvalue weighted by Gasteiger charge is -2.23. The molecule has 2 aromatic rings. The van der Waals surface area contributed by atoms with E-state index in [-0.39, 0.29) is 17.5 Å². The van der Waals surface area contributed by atoms with Crippen LogP contribution in [-0.2, 0) is 0 Å². The Morgan fingerprint density at radius 3 is 2.16 bits per heavy atom. The van der Waals surface area contributed by atoms with E-state index in [9.17, 15) is 14.0 Å². The van der Waals surface area contributed by atoms with Crippen molar-refractivity contribution in [1.29, 1.82) is 0 Å². The highest BCUT2D eigenvalue weighted by Gasteiger charge is 2.36. The monoisotopic (exact) mass is 339 g/mol. The minimum absolute atomic E-state index is 0.0356. The SMILES string of the molecule is O=C1c2ccccc2C(=O)N1c1ccc(OC2CCCCC2)c(F)c1. The summed E-state index contributed by atoms with van der Waals surface area (Å²) in [5.74, 6) is -1.24. The molecular weight excluding hydrogens is 321 g/mol. The lowest BCUT2D eigenvalue weighted by molar-refractivity contribution is 0.0926. The molecule has 2 aliphatic rings. The summed E-state index contributed by atoms with van der Waals surface area (Å²) in [5, 5.41) is 0. The molecule has 2 amide bonds. The van der Waals surface area contributed by atoms with Gasteiger partial charge in [0.25, 0.3) is 11.8 Å². The van der Waals surface area contributed by atoms with Crippen LogP contribution in [0.3, 0.4) is 0 Å². The predicted octanol–water partition coefficient (Wildman–Crippen LogP) is 4.34. The Hall–Kier alpha value is -2.69. The topological polar surface area (TPSA) is 46.6 Å². The van der Waals surface area contributed by atoms with Gasteiger partial charge in [-0.05, 0) is 49.9 Å². The Morgan fingerprint density at radius 1 is 0.920 bits per heavy atom. The Labute approximate surface area is 145 Å². The quantitative estimate of drug-likeness (QED) is 0.782. The Bertz CT molecular complexity index is 808. The van der Waals surface area contributed by atoms with E-state index in [4.69, 9.17) is 4.74 Å². The molecule has 4 nitrogen and oxygen atoms in total. The molecule has 0 unspecified atom stereocenters. The molecule has 1 fully saturated rings. The first-order chi connectivity index (χ1) is 12.1. The van der Waals surface area contributed by atoms with E-state index < -0.39 is 17.6 Å². The van der Waals surface area contributed by atoms with E-state index in [2.05, 4.69) is 0 Å². The molecule has 0 atom stereocenters. The molecule has 0 bridgehead atoms. The molecule has 5 heteroatoms. The van der Waals surface area contributed by atoms with Gasteiger partial charge in [-0.2, -0.15) is 0 Å². The van der Waals surface area contributed by atoms with Crippen LogP contribution in [0.1, 0.15) is 52.8 Å². The molecule has 1 saturated carbocycles. The molecule has 0 saturated heterocycles. The molecule has 2 aromatic carbocycles. The fourth-order valence-corrected chi connectivity index (χ4v) is 3.51. The highest BCUT2D eigenvalue weighted by molar-refractivity contribution is 6.34. The fraction of sp³-hybridized carbons (Fsp3) is 0.300. The summed E-state index contributed by atoms with van der Waals surface area (Å²) in [6, 6.07) is 10.9. The number of hydrogen-bond acceptors (Lipinski definition) is 3. The van der Waals surface area contributed by atoms with Crippen molar-refractivity contribution in [2.75, 3.05) is 4.90 Å². The second-order valence-electron chi connectivity index (χ2n) is 6.48. The Balaban J connectivity index is 1.59. The van der Waals surface area contributed by atoms with Crippen molar-refractivity contribution in [3.63, 3.8) is 0 Å². The number of anilines is 1. The minimum atomic E-state index is -0.556. The third kappa shape index (κ3) is 2.80. The zero-order valence-electron chi connectivity index (χ0n) is 13.7. The number of fused-ring (bicyclic) bond motifs is 1. The fourth-order valence-electron chi connectivity index (χ4n) is 3.51. The summed E-state index contributed by atoms with van der Waals surface area (Å²) in [6.07, 6.45) is 5.28. The average molecular weight is 339 g/mol. The standard InChI is InChI=1S/C20H18FNO3/c21-17-12-13(10-11-18(17)25-14-6-2-1-3-7-14)22-19(23)15-8-4-5-9-16(15)20(22)24/h4-5,8-12,14H,1-3,6-7H2. The molecule has 1 aliphatic carbocycles. The van der Waals surface area contributed by atoms with Gasteiger partial charge in [0.05, 0.1) is 22.9 Å². The van der Waals surface area contributed by atoms with Gasteiger partial charge in [0, 0.05) is 6.07 Å². The highest BCUT2D eigenvalue weighted by Crippen LogP contribution is 2.32. The van der Waals surface area contributed by atoms with Crippen molar-refractivity contribution in [3.05, 3.63) is 59.4 Å². The molecule has 0 radical (unpaired) electrons. The molecule has 0 aromatic heterocycles. The first kappa shape index (κ1) is 15.8. The lowest BCUT2D eigenvalue weighted by atomic mass is 9.98. The van der Waals surface area contributed by atoms with E-state index in [0.29, 0.717) is 11.1 Å². The normalized spacial score (nSPS) is 17.7. The predicted molar refractivity (Wildman–Crippen MR) is 91.5 cm³/mol. The van der Waals surface area contributed by atoms with Gasteiger partial charge in [0.1, 0.15) is 0 Å². The number of nitrogens with zero attached hydrogens (tertiary/aromatic N) is 1. The van der Waals surface area contributed by atoms with E-state index in [0.717, 1.165) is 30.6 Å². The number of amides is 2. The van der Waals surface area contributed by atoms with E-state index in [1.54, 1.807) is 30.3 Å². The minimum Gasteiger partial charge on any atom is -0.487 e. The number of carbonyl (C=O) groups is 2. The van der Waals surface area contributed by atoms with E-state index in [1.807, 2.05) is 0 Å². The van der Waals surface area contributed by atoms with Gasteiger partial charge >= 0.3 is 0 Å². The van der Waals surface area contributed by atoms with Crippen molar-refractivity contribution < 1.29 is 18.7 Å². The Morgan fingerprint density at radius 2 is 1.56 bits per heavy atom. The number of carbonyl (C=O) groups excluding carboxylic acids is 2. The van der Waals surface area contributed by atoms with Gasteiger partial charge in [-0.15, -0.1) is 0 Å². The number of halogens is 1. The summed E-state index contributed by atoms with van der Waals surface area (Å²) in [5.41, 5.74) is 0.908. The third-order valence-corrected chi connectivity index (χ3v) is 4.81. The zero-order chi connectivity index (χ0) is 17.4. The number of benzene rings is 2. The van der Waals surface area contributed by atoms with Crippen LogP contribution in [-0.4, -0.2) is 17.9 Å². The van der Waals surface area contributed by atoms with Gasteiger partial charge in [0.15, 0.2) is 11.6 Å². The first-order valence-corrected chi connectivity index (χ1v) is 8.59. The first-order valence-electron chi connectivity index (χ1n) is 8.59. The molecule has 25 heavy (non-hydrogen) atoms. The van der Waals surface area contributed by atoms with Crippen molar-refractivity contribution in [2.24, 2.45) is 0 Å². The zero-order valence-corrected chi connectivity index (χ0v) is 13.7. The maximum absolute atomic E-state index is 14.5. The third-order valence-electron chi connectivity index (χ3n) is 4.81. The van der Waals surface area contributed by atoms with Crippen LogP contribution in [0.2, 0.25) is 0 Å². The van der Waals surface area contributed by atoms with Gasteiger partial charge < -0.3 is 4.74 Å². The summed E-state index contributed by atoms with van der Waals surface area (Å²) >= 11 is 0. The van der Waals surface area contributed by atoms with E-state index >= 15 is 0 Å². The average Bonchev–Trinajstić information content (AvgIpc) is 2.89. The molecule has 1 heterocycles. The van der Waals surface area contributed by atoms with Crippen LogP contribution in [0, 0.1) is 5.82 Å². The molecule has 0 N–H and O–H groups in total. The van der Waals surface area contributed by atoms with Crippen LogP contribution in [0.15, 0.2) is 42.5 Å². The number of hydrogen-bond donors (Lipinski definition) is 0. The molecule has 128 valence electrons. The van der Waals surface area contributed by atoms with Crippen LogP contribution in [0.25, 0.3) is 0 Å². The second kappa shape index (κ2) is 6.31. The van der Waals surface area contributed by atoms with Crippen LogP contribution in [0.4, 0.5) is 10.1 Å².